The SMILES string of the molecule is c1ccc2nc(N3CCCC3C3CCCN3)cnc2c1. The topological polar surface area (TPSA) is 41.1 Å². The molecule has 2 aliphatic rings. The molecule has 20 heavy (non-hydrogen) atoms. The Morgan fingerprint density at radius 2 is 2.00 bits per heavy atom. The van der Waals surface area contributed by atoms with Crippen molar-refractivity contribution in [1.29, 1.82) is 0 Å². The van der Waals surface area contributed by atoms with Crippen molar-refractivity contribution in [1.82, 2.24) is 15.3 Å². The maximum absolute atomic E-state index is 4.81. The number of nitrogens with zero attached hydrogens (tertiary/aromatic N) is 3. The molecular weight excluding hydrogens is 248 g/mol. The highest BCUT2D eigenvalue weighted by Gasteiger charge is 2.34. The molecule has 2 saturated heterocycles. The Morgan fingerprint density at radius 3 is 2.85 bits per heavy atom. The fourth-order valence-corrected chi connectivity index (χ4v) is 3.62. The minimum absolute atomic E-state index is 0.591. The zero-order valence-corrected chi connectivity index (χ0v) is 11.6. The molecule has 4 heteroatoms. The number of anilines is 1. The van der Waals surface area contributed by atoms with E-state index in [1.54, 1.807) is 0 Å². The van der Waals surface area contributed by atoms with Gasteiger partial charge in [0.15, 0.2) is 0 Å². The molecule has 1 aromatic heterocycles. The maximum atomic E-state index is 4.81. The number of hydrogen-bond acceptors (Lipinski definition) is 4. The van der Waals surface area contributed by atoms with Gasteiger partial charge in [-0.25, -0.2) is 4.98 Å². The quantitative estimate of drug-likeness (QED) is 0.907. The van der Waals surface area contributed by atoms with Gasteiger partial charge in [-0.05, 0) is 44.4 Å². The van der Waals surface area contributed by atoms with Crippen LogP contribution in [0.25, 0.3) is 11.0 Å². The van der Waals surface area contributed by atoms with Crippen LogP contribution < -0.4 is 10.2 Å². The monoisotopic (exact) mass is 268 g/mol. The molecule has 0 spiro atoms. The summed E-state index contributed by atoms with van der Waals surface area (Å²) in [4.78, 5) is 11.8. The molecule has 2 fully saturated rings. The van der Waals surface area contributed by atoms with E-state index < -0.39 is 0 Å². The van der Waals surface area contributed by atoms with Crippen molar-refractivity contribution in [3.05, 3.63) is 30.5 Å². The molecule has 3 heterocycles. The van der Waals surface area contributed by atoms with Gasteiger partial charge in [0.05, 0.1) is 17.2 Å². The first-order valence-corrected chi connectivity index (χ1v) is 7.64. The van der Waals surface area contributed by atoms with Crippen LogP contribution in [0.3, 0.4) is 0 Å². The van der Waals surface area contributed by atoms with E-state index in [1.807, 2.05) is 30.5 Å². The summed E-state index contributed by atoms with van der Waals surface area (Å²) in [6.07, 6.45) is 7.07. The Morgan fingerprint density at radius 1 is 1.10 bits per heavy atom. The zero-order valence-electron chi connectivity index (χ0n) is 11.6. The summed E-state index contributed by atoms with van der Waals surface area (Å²) in [5, 5.41) is 3.65. The fraction of sp³-hybridized carbons (Fsp3) is 0.500. The van der Waals surface area contributed by atoms with Crippen molar-refractivity contribution in [2.45, 2.75) is 37.8 Å². The lowest BCUT2D eigenvalue weighted by Crippen LogP contribution is -2.44. The molecule has 104 valence electrons. The number of benzene rings is 1. The van der Waals surface area contributed by atoms with Crippen LogP contribution in [-0.4, -0.2) is 35.1 Å². The largest absolute Gasteiger partial charge is 0.351 e. The third kappa shape index (κ3) is 2.04. The van der Waals surface area contributed by atoms with Crippen molar-refractivity contribution in [2.75, 3.05) is 18.0 Å². The van der Waals surface area contributed by atoms with E-state index in [0.29, 0.717) is 12.1 Å². The van der Waals surface area contributed by atoms with Gasteiger partial charge in [-0.3, -0.25) is 4.98 Å². The Hall–Kier alpha value is -1.68. The summed E-state index contributed by atoms with van der Waals surface area (Å²) >= 11 is 0. The van der Waals surface area contributed by atoms with Crippen LogP contribution in [-0.2, 0) is 0 Å². The Kier molecular flexibility index (Phi) is 3.03. The van der Waals surface area contributed by atoms with E-state index in [-0.39, 0.29) is 0 Å². The Bertz CT molecular complexity index is 606. The van der Waals surface area contributed by atoms with Gasteiger partial charge in [-0.15, -0.1) is 0 Å². The molecule has 2 aromatic rings. The van der Waals surface area contributed by atoms with Gasteiger partial charge in [-0.2, -0.15) is 0 Å². The molecule has 0 saturated carbocycles. The van der Waals surface area contributed by atoms with Gasteiger partial charge in [0.2, 0.25) is 0 Å². The molecule has 0 radical (unpaired) electrons. The highest BCUT2D eigenvalue weighted by atomic mass is 15.3. The molecule has 2 unspecified atom stereocenters. The standard InChI is InChI=1S/C16H20N4/c1-2-6-13-12(5-1)18-11-16(19-13)20-10-4-8-15(20)14-7-3-9-17-14/h1-2,5-6,11,14-15,17H,3-4,7-10H2. The first-order chi connectivity index (χ1) is 9.92. The lowest BCUT2D eigenvalue weighted by molar-refractivity contribution is 0.481. The predicted octanol–water partition coefficient (Wildman–Crippen LogP) is 2.35. The molecule has 1 N–H and O–H groups in total. The van der Waals surface area contributed by atoms with Gasteiger partial charge in [0.1, 0.15) is 5.82 Å². The van der Waals surface area contributed by atoms with Crippen LogP contribution in [0.4, 0.5) is 5.82 Å². The second-order valence-corrected chi connectivity index (χ2v) is 5.82. The van der Waals surface area contributed by atoms with Crippen molar-refractivity contribution in [3.8, 4) is 0 Å². The lowest BCUT2D eigenvalue weighted by atomic mass is 10.0. The van der Waals surface area contributed by atoms with Gasteiger partial charge in [-0.1, -0.05) is 12.1 Å². The molecule has 1 aromatic carbocycles. The number of hydrogen-bond donors (Lipinski definition) is 1. The van der Waals surface area contributed by atoms with E-state index in [9.17, 15) is 0 Å². The number of rotatable bonds is 2. The molecule has 4 rings (SSSR count). The fourth-order valence-electron chi connectivity index (χ4n) is 3.62. The molecule has 0 amide bonds. The van der Waals surface area contributed by atoms with E-state index in [4.69, 9.17) is 4.98 Å². The molecule has 4 nitrogen and oxygen atoms in total. The molecule has 0 aliphatic carbocycles. The number of fused-ring (bicyclic) bond motifs is 1. The smallest absolute Gasteiger partial charge is 0.148 e. The number of nitrogens with one attached hydrogen (secondary N) is 1. The summed E-state index contributed by atoms with van der Waals surface area (Å²) in [5.74, 6) is 1.04. The Balaban J connectivity index is 1.66. The highest BCUT2D eigenvalue weighted by molar-refractivity contribution is 5.75. The van der Waals surface area contributed by atoms with Gasteiger partial charge in [0.25, 0.3) is 0 Å². The highest BCUT2D eigenvalue weighted by Crippen LogP contribution is 2.29. The van der Waals surface area contributed by atoms with Gasteiger partial charge in [0, 0.05) is 18.6 Å². The summed E-state index contributed by atoms with van der Waals surface area (Å²) in [6, 6.07) is 9.33. The van der Waals surface area contributed by atoms with Crippen molar-refractivity contribution in [3.63, 3.8) is 0 Å². The van der Waals surface area contributed by atoms with Crippen molar-refractivity contribution in [2.24, 2.45) is 0 Å². The third-order valence-corrected chi connectivity index (χ3v) is 4.59. The van der Waals surface area contributed by atoms with Crippen LogP contribution in [0.15, 0.2) is 30.5 Å². The van der Waals surface area contributed by atoms with Gasteiger partial charge >= 0.3 is 0 Å². The number of aromatic nitrogens is 2. The molecule has 2 aliphatic heterocycles. The van der Waals surface area contributed by atoms with Crippen LogP contribution in [0.1, 0.15) is 25.7 Å². The van der Waals surface area contributed by atoms with E-state index in [2.05, 4.69) is 15.2 Å². The second-order valence-electron chi connectivity index (χ2n) is 5.82. The molecule has 0 bridgehead atoms. The van der Waals surface area contributed by atoms with E-state index in [1.165, 1.54) is 32.2 Å². The average molecular weight is 268 g/mol. The average Bonchev–Trinajstić information content (AvgIpc) is 3.17. The van der Waals surface area contributed by atoms with Crippen LogP contribution in [0.5, 0.6) is 0 Å². The summed E-state index contributed by atoms with van der Waals surface area (Å²) in [7, 11) is 0. The summed E-state index contributed by atoms with van der Waals surface area (Å²) in [5.41, 5.74) is 1.97. The first kappa shape index (κ1) is 12.1. The summed E-state index contributed by atoms with van der Waals surface area (Å²) < 4.78 is 0. The molecular formula is C16H20N4. The predicted molar refractivity (Wildman–Crippen MR) is 80.9 cm³/mol. The van der Waals surface area contributed by atoms with Crippen LogP contribution >= 0.6 is 0 Å². The zero-order chi connectivity index (χ0) is 13.4. The summed E-state index contributed by atoms with van der Waals surface area (Å²) in [6.45, 7) is 2.27. The second kappa shape index (κ2) is 5.02. The van der Waals surface area contributed by atoms with Gasteiger partial charge < -0.3 is 10.2 Å². The minimum Gasteiger partial charge on any atom is -0.351 e. The van der Waals surface area contributed by atoms with Crippen LogP contribution in [0.2, 0.25) is 0 Å². The normalized spacial score (nSPS) is 26.5. The maximum Gasteiger partial charge on any atom is 0.148 e. The third-order valence-electron chi connectivity index (χ3n) is 4.59. The minimum atomic E-state index is 0.591. The van der Waals surface area contributed by atoms with E-state index >= 15 is 0 Å². The lowest BCUT2D eigenvalue weighted by Gasteiger charge is -2.30. The Labute approximate surface area is 119 Å². The number of para-hydroxylation sites is 2. The van der Waals surface area contributed by atoms with Crippen molar-refractivity contribution >= 4 is 16.9 Å². The van der Waals surface area contributed by atoms with Crippen molar-refractivity contribution < 1.29 is 0 Å². The van der Waals surface area contributed by atoms with Crippen LogP contribution in [0, 0.1) is 0 Å². The first-order valence-electron chi connectivity index (χ1n) is 7.64. The van der Waals surface area contributed by atoms with E-state index in [0.717, 1.165) is 23.4 Å². The molecule has 2 atom stereocenters.